The number of hydrogen-bond acceptors (Lipinski definition) is 2. The van der Waals surface area contributed by atoms with Gasteiger partial charge in [0.25, 0.3) is 0 Å². The number of carbonyl (C=O) groups is 1. The standard InChI is InChI=1S/C14H12N2O/c17-14-12(9-10-5-3-4-8-15-10)11-6-1-2-7-13(11)16-14/h1-8,12H,9H2,(H,16,17)/t12-/m0/s1. The summed E-state index contributed by atoms with van der Waals surface area (Å²) < 4.78 is 0. The maximum Gasteiger partial charge on any atom is 0.232 e. The van der Waals surface area contributed by atoms with Gasteiger partial charge in [0.05, 0.1) is 5.92 Å². The first-order chi connectivity index (χ1) is 8.34. The van der Waals surface area contributed by atoms with Gasteiger partial charge in [0.15, 0.2) is 0 Å². The van der Waals surface area contributed by atoms with E-state index in [1.165, 1.54) is 0 Å². The lowest BCUT2D eigenvalue weighted by Gasteiger charge is -2.07. The van der Waals surface area contributed by atoms with E-state index in [-0.39, 0.29) is 11.8 Å². The van der Waals surface area contributed by atoms with Crippen molar-refractivity contribution in [2.75, 3.05) is 5.32 Å². The van der Waals surface area contributed by atoms with E-state index in [0.29, 0.717) is 6.42 Å². The van der Waals surface area contributed by atoms with Gasteiger partial charge in [-0.2, -0.15) is 0 Å². The number of carbonyl (C=O) groups excluding carboxylic acids is 1. The summed E-state index contributed by atoms with van der Waals surface area (Å²) >= 11 is 0. The van der Waals surface area contributed by atoms with Crippen molar-refractivity contribution in [1.82, 2.24) is 4.98 Å². The van der Waals surface area contributed by atoms with E-state index in [4.69, 9.17) is 0 Å². The van der Waals surface area contributed by atoms with Gasteiger partial charge < -0.3 is 5.32 Å². The van der Waals surface area contributed by atoms with E-state index in [1.807, 2.05) is 42.5 Å². The topological polar surface area (TPSA) is 42.0 Å². The Morgan fingerprint density at radius 2 is 1.94 bits per heavy atom. The van der Waals surface area contributed by atoms with Crippen LogP contribution in [0.25, 0.3) is 0 Å². The van der Waals surface area contributed by atoms with Crippen LogP contribution in [0.3, 0.4) is 0 Å². The molecule has 3 nitrogen and oxygen atoms in total. The smallest absolute Gasteiger partial charge is 0.232 e. The number of aromatic nitrogens is 1. The quantitative estimate of drug-likeness (QED) is 0.850. The van der Waals surface area contributed by atoms with Gasteiger partial charge in [-0.1, -0.05) is 24.3 Å². The van der Waals surface area contributed by atoms with Crippen LogP contribution in [0, 0.1) is 0 Å². The number of para-hydroxylation sites is 1. The first-order valence-corrected chi connectivity index (χ1v) is 5.64. The summed E-state index contributed by atoms with van der Waals surface area (Å²) in [4.78, 5) is 16.2. The third-order valence-corrected chi connectivity index (χ3v) is 3.05. The van der Waals surface area contributed by atoms with Crippen LogP contribution in [0.5, 0.6) is 0 Å². The fourth-order valence-corrected chi connectivity index (χ4v) is 2.21. The third kappa shape index (κ3) is 1.80. The summed E-state index contributed by atoms with van der Waals surface area (Å²) in [5, 5.41) is 2.90. The predicted octanol–water partition coefficient (Wildman–Crippen LogP) is 2.36. The number of rotatable bonds is 2. The van der Waals surface area contributed by atoms with Crippen molar-refractivity contribution < 1.29 is 4.79 Å². The predicted molar refractivity (Wildman–Crippen MR) is 65.8 cm³/mol. The first kappa shape index (κ1) is 10.0. The fourth-order valence-electron chi connectivity index (χ4n) is 2.21. The molecule has 0 radical (unpaired) electrons. The van der Waals surface area contributed by atoms with Crippen molar-refractivity contribution in [1.29, 1.82) is 0 Å². The normalized spacial score (nSPS) is 17.6. The minimum Gasteiger partial charge on any atom is -0.325 e. The van der Waals surface area contributed by atoms with E-state index in [0.717, 1.165) is 16.9 Å². The Hall–Kier alpha value is -2.16. The molecule has 1 aromatic heterocycles. The SMILES string of the molecule is O=C1Nc2ccccc2[C@@H]1Cc1ccccn1. The highest BCUT2D eigenvalue weighted by Gasteiger charge is 2.30. The summed E-state index contributed by atoms with van der Waals surface area (Å²) in [6, 6.07) is 13.6. The zero-order valence-electron chi connectivity index (χ0n) is 9.26. The highest BCUT2D eigenvalue weighted by atomic mass is 16.2. The second-order valence-electron chi connectivity index (χ2n) is 4.15. The molecular formula is C14H12N2O. The molecule has 1 atom stereocenters. The van der Waals surface area contributed by atoms with Crippen LogP contribution >= 0.6 is 0 Å². The van der Waals surface area contributed by atoms with Crippen molar-refractivity contribution in [3.05, 3.63) is 59.9 Å². The summed E-state index contributed by atoms with van der Waals surface area (Å²) in [5.41, 5.74) is 2.95. The van der Waals surface area contributed by atoms with E-state index < -0.39 is 0 Å². The van der Waals surface area contributed by atoms with Crippen molar-refractivity contribution in [3.8, 4) is 0 Å². The second kappa shape index (κ2) is 4.01. The van der Waals surface area contributed by atoms with Crippen LogP contribution in [0.4, 0.5) is 5.69 Å². The third-order valence-electron chi connectivity index (χ3n) is 3.05. The van der Waals surface area contributed by atoms with Crippen molar-refractivity contribution >= 4 is 11.6 Å². The minimum absolute atomic E-state index is 0.0665. The minimum atomic E-state index is -0.110. The Balaban J connectivity index is 1.92. The van der Waals surface area contributed by atoms with Gasteiger partial charge in [-0.3, -0.25) is 9.78 Å². The zero-order valence-corrected chi connectivity index (χ0v) is 9.26. The number of hydrogen-bond donors (Lipinski definition) is 1. The lowest BCUT2D eigenvalue weighted by molar-refractivity contribution is -0.117. The van der Waals surface area contributed by atoms with Gasteiger partial charge in [0.2, 0.25) is 5.91 Å². The lowest BCUT2D eigenvalue weighted by atomic mass is 9.95. The zero-order chi connectivity index (χ0) is 11.7. The Labute approximate surface area is 99.5 Å². The number of fused-ring (bicyclic) bond motifs is 1. The average Bonchev–Trinajstić information content (AvgIpc) is 2.68. The highest BCUT2D eigenvalue weighted by molar-refractivity contribution is 6.02. The van der Waals surface area contributed by atoms with E-state index in [1.54, 1.807) is 6.20 Å². The van der Waals surface area contributed by atoms with Gasteiger partial charge >= 0.3 is 0 Å². The van der Waals surface area contributed by atoms with Gasteiger partial charge in [0, 0.05) is 24.0 Å². The molecular weight excluding hydrogens is 212 g/mol. The Morgan fingerprint density at radius 3 is 2.76 bits per heavy atom. The monoisotopic (exact) mass is 224 g/mol. The number of pyridine rings is 1. The Bertz CT molecular complexity index is 551. The Morgan fingerprint density at radius 1 is 1.12 bits per heavy atom. The summed E-state index contributed by atoms with van der Waals surface area (Å²) in [7, 11) is 0. The van der Waals surface area contributed by atoms with Gasteiger partial charge in [-0.15, -0.1) is 0 Å². The van der Waals surface area contributed by atoms with Crippen molar-refractivity contribution in [2.45, 2.75) is 12.3 Å². The average molecular weight is 224 g/mol. The molecule has 1 aromatic carbocycles. The van der Waals surface area contributed by atoms with Crippen LogP contribution in [0.15, 0.2) is 48.7 Å². The molecule has 0 aliphatic carbocycles. The first-order valence-electron chi connectivity index (χ1n) is 5.64. The molecule has 0 spiro atoms. The fraction of sp³-hybridized carbons (Fsp3) is 0.143. The lowest BCUT2D eigenvalue weighted by Crippen LogP contribution is -2.14. The van der Waals surface area contributed by atoms with E-state index in [9.17, 15) is 4.79 Å². The number of anilines is 1. The van der Waals surface area contributed by atoms with Crippen molar-refractivity contribution in [2.24, 2.45) is 0 Å². The number of amides is 1. The number of nitrogens with zero attached hydrogens (tertiary/aromatic N) is 1. The maximum atomic E-state index is 11.9. The summed E-state index contributed by atoms with van der Waals surface area (Å²) in [6.07, 6.45) is 2.41. The number of nitrogens with one attached hydrogen (secondary N) is 1. The molecule has 2 heterocycles. The van der Waals surface area contributed by atoms with Crippen LogP contribution in [0.1, 0.15) is 17.2 Å². The van der Waals surface area contributed by atoms with Crippen LogP contribution in [-0.4, -0.2) is 10.9 Å². The second-order valence-corrected chi connectivity index (χ2v) is 4.15. The number of benzene rings is 1. The Kier molecular flexibility index (Phi) is 2.37. The highest BCUT2D eigenvalue weighted by Crippen LogP contribution is 2.33. The molecule has 1 amide bonds. The molecule has 0 bridgehead atoms. The molecule has 1 N–H and O–H groups in total. The molecule has 0 saturated heterocycles. The molecule has 3 heteroatoms. The van der Waals surface area contributed by atoms with Gasteiger partial charge in [-0.05, 0) is 23.8 Å². The largest absolute Gasteiger partial charge is 0.325 e. The maximum absolute atomic E-state index is 11.9. The molecule has 84 valence electrons. The van der Waals surface area contributed by atoms with Crippen molar-refractivity contribution in [3.63, 3.8) is 0 Å². The van der Waals surface area contributed by atoms with Crippen LogP contribution < -0.4 is 5.32 Å². The molecule has 0 fully saturated rings. The van der Waals surface area contributed by atoms with Gasteiger partial charge in [0.1, 0.15) is 0 Å². The molecule has 2 aromatic rings. The van der Waals surface area contributed by atoms with Crippen LogP contribution in [0.2, 0.25) is 0 Å². The van der Waals surface area contributed by atoms with E-state index >= 15 is 0 Å². The molecule has 17 heavy (non-hydrogen) atoms. The summed E-state index contributed by atoms with van der Waals surface area (Å²) in [6.45, 7) is 0. The summed E-state index contributed by atoms with van der Waals surface area (Å²) in [5.74, 6) is -0.0436. The van der Waals surface area contributed by atoms with E-state index in [2.05, 4.69) is 10.3 Å². The van der Waals surface area contributed by atoms with Gasteiger partial charge in [-0.25, -0.2) is 0 Å². The molecule has 3 rings (SSSR count). The molecule has 0 unspecified atom stereocenters. The molecule has 1 aliphatic rings. The molecule has 0 saturated carbocycles. The van der Waals surface area contributed by atoms with Crippen LogP contribution in [-0.2, 0) is 11.2 Å². The molecule has 1 aliphatic heterocycles.